The Kier molecular flexibility index (Phi) is 3.59. The Hall–Kier alpha value is -1.20. The molecule has 0 fully saturated rings. The van der Waals surface area contributed by atoms with Gasteiger partial charge in [-0.3, -0.25) is 4.68 Å². The lowest BCUT2D eigenvalue weighted by Gasteiger charge is -2.10. The maximum atomic E-state index is 13.6. The fourth-order valence-electron chi connectivity index (χ4n) is 1.65. The van der Waals surface area contributed by atoms with Crippen molar-refractivity contribution >= 4 is 15.9 Å². The number of hydrogen-bond donors (Lipinski definition) is 1. The van der Waals surface area contributed by atoms with Gasteiger partial charge in [-0.05, 0) is 18.2 Å². The first-order chi connectivity index (χ1) is 8.06. The number of benzene rings is 1. The van der Waals surface area contributed by atoms with Gasteiger partial charge >= 0.3 is 0 Å². The predicted octanol–water partition coefficient (Wildman–Crippen LogP) is 2.60. The average Bonchev–Trinajstić information content (AvgIpc) is 2.63. The van der Waals surface area contributed by atoms with Crippen LogP contribution in [0.2, 0.25) is 0 Å². The summed E-state index contributed by atoms with van der Waals surface area (Å²) in [5.74, 6) is -0.414. The summed E-state index contributed by atoms with van der Waals surface area (Å²) < 4.78 is 15.9. The van der Waals surface area contributed by atoms with E-state index in [0.29, 0.717) is 16.5 Å². The van der Waals surface area contributed by atoms with Gasteiger partial charge in [0.15, 0.2) is 0 Å². The monoisotopic (exact) mass is 298 g/mol. The van der Waals surface area contributed by atoms with Crippen LogP contribution in [-0.2, 0) is 13.5 Å². The van der Waals surface area contributed by atoms with Gasteiger partial charge in [-0.1, -0.05) is 22.0 Å². The van der Waals surface area contributed by atoms with Gasteiger partial charge in [-0.15, -0.1) is 0 Å². The molecule has 0 aliphatic carbocycles. The van der Waals surface area contributed by atoms with Crippen LogP contribution < -0.4 is 0 Å². The van der Waals surface area contributed by atoms with Crippen LogP contribution in [0.4, 0.5) is 4.39 Å². The van der Waals surface area contributed by atoms with Crippen LogP contribution in [0.5, 0.6) is 0 Å². The zero-order valence-corrected chi connectivity index (χ0v) is 10.9. The van der Waals surface area contributed by atoms with Crippen LogP contribution in [0.15, 0.2) is 34.9 Å². The quantitative estimate of drug-likeness (QED) is 0.946. The highest BCUT2D eigenvalue weighted by Crippen LogP contribution is 2.23. The molecular formula is C12H12BrFN2O. The van der Waals surface area contributed by atoms with Crippen molar-refractivity contribution in [2.75, 3.05) is 0 Å². The summed E-state index contributed by atoms with van der Waals surface area (Å²) >= 11 is 3.18. The third-order valence-corrected chi connectivity index (χ3v) is 2.99. The van der Waals surface area contributed by atoms with E-state index in [1.54, 1.807) is 36.1 Å². The Labute approximate surface area is 107 Å². The third-order valence-electron chi connectivity index (χ3n) is 2.49. The number of aliphatic hydroxyl groups excluding tert-OH is 1. The Morgan fingerprint density at radius 3 is 2.82 bits per heavy atom. The number of halogens is 2. The standard InChI is InChI=1S/C12H12BrFN2O/c1-16-5-4-9(15-16)7-12(17)10-3-2-8(13)6-11(10)14/h2-6,12,17H,7H2,1H3. The number of nitrogens with zero attached hydrogens (tertiary/aromatic N) is 2. The maximum absolute atomic E-state index is 13.6. The minimum atomic E-state index is -0.877. The third kappa shape index (κ3) is 2.92. The molecule has 1 unspecified atom stereocenters. The van der Waals surface area contributed by atoms with Gasteiger partial charge in [0, 0.05) is 29.7 Å². The van der Waals surface area contributed by atoms with E-state index >= 15 is 0 Å². The number of rotatable bonds is 3. The molecule has 0 bridgehead atoms. The highest BCUT2D eigenvalue weighted by Gasteiger charge is 2.14. The Balaban J connectivity index is 2.17. The highest BCUT2D eigenvalue weighted by molar-refractivity contribution is 9.10. The molecule has 0 spiro atoms. The molecule has 0 radical (unpaired) electrons. The molecule has 1 atom stereocenters. The Morgan fingerprint density at radius 1 is 1.47 bits per heavy atom. The lowest BCUT2D eigenvalue weighted by Crippen LogP contribution is -2.05. The fraction of sp³-hybridized carbons (Fsp3) is 0.250. The minimum absolute atomic E-state index is 0.291. The molecule has 5 heteroatoms. The molecule has 3 nitrogen and oxygen atoms in total. The molecule has 1 aromatic heterocycles. The first-order valence-corrected chi connectivity index (χ1v) is 5.97. The van der Waals surface area contributed by atoms with Gasteiger partial charge in [0.05, 0.1) is 11.8 Å². The summed E-state index contributed by atoms with van der Waals surface area (Å²) in [6.07, 6.45) is 1.22. The van der Waals surface area contributed by atoms with E-state index < -0.39 is 11.9 Å². The first-order valence-electron chi connectivity index (χ1n) is 5.18. The van der Waals surface area contributed by atoms with Crippen LogP contribution in [0.25, 0.3) is 0 Å². The van der Waals surface area contributed by atoms with Crippen molar-refractivity contribution in [2.45, 2.75) is 12.5 Å². The molecule has 1 heterocycles. The van der Waals surface area contributed by atoms with Crippen LogP contribution in [0, 0.1) is 5.82 Å². The van der Waals surface area contributed by atoms with E-state index in [2.05, 4.69) is 21.0 Å². The summed E-state index contributed by atoms with van der Waals surface area (Å²) in [6.45, 7) is 0. The second kappa shape index (κ2) is 4.98. The first kappa shape index (κ1) is 12.3. The summed E-state index contributed by atoms with van der Waals surface area (Å²) in [4.78, 5) is 0. The second-order valence-electron chi connectivity index (χ2n) is 3.87. The van der Waals surface area contributed by atoms with E-state index in [4.69, 9.17) is 0 Å². The van der Waals surface area contributed by atoms with Crippen molar-refractivity contribution in [3.63, 3.8) is 0 Å². The van der Waals surface area contributed by atoms with E-state index in [9.17, 15) is 9.50 Å². The van der Waals surface area contributed by atoms with Crippen molar-refractivity contribution in [2.24, 2.45) is 7.05 Å². The summed E-state index contributed by atoms with van der Waals surface area (Å²) in [5, 5.41) is 14.1. The topological polar surface area (TPSA) is 38.0 Å². The molecule has 1 aromatic carbocycles. The molecule has 0 aliphatic rings. The van der Waals surface area contributed by atoms with Crippen molar-refractivity contribution in [3.8, 4) is 0 Å². The van der Waals surface area contributed by atoms with Crippen molar-refractivity contribution in [3.05, 3.63) is 52.0 Å². The van der Waals surface area contributed by atoms with Crippen molar-refractivity contribution in [1.82, 2.24) is 9.78 Å². The van der Waals surface area contributed by atoms with Crippen LogP contribution in [0.3, 0.4) is 0 Å². The summed E-state index contributed by atoms with van der Waals surface area (Å²) in [6, 6.07) is 6.43. The van der Waals surface area contributed by atoms with Crippen LogP contribution in [-0.4, -0.2) is 14.9 Å². The summed E-state index contributed by atoms with van der Waals surface area (Å²) in [7, 11) is 1.80. The molecule has 1 N–H and O–H groups in total. The van der Waals surface area contributed by atoms with Crippen molar-refractivity contribution < 1.29 is 9.50 Å². The van der Waals surface area contributed by atoms with E-state index in [1.165, 1.54) is 6.07 Å². The summed E-state index contributed by atoms with van der Waals surface area (Å²) in [5.41, 5.74) is 1.03. The highest BCUT2D eigenvalue weighted by atomic mass is 79.9. The lowest BCUT2D eigenvalue weighted by atomic mass is 10.0. The van der Waals surface area contributed by atoms with E-state index in [-0.39, 0.29) is 0 Å². The average molecular weight is 299 g/mol. The van der Waals surface area contributed by atoms with Crippen LogP contribution in [0.1, 0.15) is 17.4 Å². The number of aromatic nitrogens is 2. The lowest BCUT2D eigenvalue weighted by molar-refractivity contribution is 0.172. The van der Waals surface area contributed by atoms with Gasteiger partial charge in [0.2, 0.25) is 0 Å². The number of aliphatic hydroxyl groups is 1. The molecule has 0 saturated carbocycles. The predicted molar refractivity (Wildman–Crippen MR) is 66.0 cm³/mol. The maximum Gasteiger partial charge on any atom is 0.130 e. The zero-order valence-electron chi connectivity index (χ0n) is 9.27. The van der Waals surface area contributed by atoms with Gasteiger partial charge in [-0.25, -0.2) is 4.39 Å². The molecule has 2 rings (SSSR count). The smallest absolute Gasteiger partial charge is 0.130 e. The van der Waals surface area contributed by atoms with Gasteiger partial charge in [0.25, 0.3) is 0 Å². The molecule has 17 heavy (non-hydrogen) atoms. The number of aryl methyl sites for hydroxylation is 1. The minimum Gasteiger partial charge on any atom is -0.388 e. The molecule has 2 aromatic rings. The van der Waals surface area contributed by atoms with Crippen molar-refractivity contribution in [1.29, 1.82) is 0 Å². The Morgan fingerprint density at radius 2 is 2.24 bits per heavy atom. The molecule has 0 amide bonds. The number of hydrogen-bond acceptors (Lipinski definition) is 2. The molecular weight excluding hydrogens is 287 g/mol. The van der Waals surface area contributed by atoms with E-state index in [0.717, 1.165) is 5.69 Å². The largest absolute Gasteiger partial charge is 0.388 e. The van der Waals surface area contributed by atoms with Gasteiger partial charge < -0.3 is 5.11 Å². The zero-order chi connectivity index (χ0) is 12.4. The molecule has 0 aliphatic heterocycles. The molecule has 0 saturated heterocycles. The molecule has 90 valence electrons. The SMILES string of the molecule is Cn1ccc(CC(O)c2ccc(Br)cc2F)n1. The van der Waals surface area contributed by atoms with E-state index in [1.807, 2.05) is 0 Å². The van der Waals surface area contributed by atoms with Gasteiger partial charge in [-0.2, -0.15) is 5.10 Å². The van der Waals surface area contributed by atoms with Gasteiger partial charge in [0.1, 0.15) is 5.82 Å². The fourth-order valence-corrected chi connectivity index (χ4v) is 1.98. The normalized spacial score (nSPS) is 12.7. The van der Waals surface area contributed by atoms with Crippen LogP contribution >= 0.6 is 15.9 Å². The Bertz CT molecular complexity index is 527. The second-order valence-corrected chi connectivity index (χ2v) is 4.78.